The fourth-order valence-corrected chi connectivity index (χ4v) is 9.85. The number of rotatable bonds is 10. The molecule has 3 aromatic rings. The van der Waals surface area contributed by atoms with Crippen molar-refractivity contribution in [3.05, 3.63) is 76.9 Å². The predicted octanol–water partition coefficient (Wildman–Crippen LogP) is 7.59. The first-order chi connectivity index (χ1) is 30.5. The van der Waals surface area contributed by atoms with Gasteiger partial charge in [-0.1, -0.05) is 92.7 Å². The third-order valence-corrected chi connectivity index (χ3v) is 13.6. The van der Waals surface area contributed by atoms with E-state index in [1.807, 2.05) is 102 Å². The minimum absolute atomic E-state index is 0.0585. The highest BCUT2D eigenvalue weighted by atomic mass is 35.5. The lowest BCUT2D eigenvalue weighted by Crippen LogP contribution is -2.59. The molecular weight excluding hydrogens is 842 g/mol. The van der Waals surface area contributed by atoms with Crippen LogP contribution in [0.25, 0.3) is 10.9 Å². The molecule has 0 amide bonds. The van der Waals surface area contributed by atoms with Gasteiger partial charge in [-0.2, -0.15) is 0 Å². The Morgan fingerprint density at radius 1 is 1.03 bits per heavy atom. The quantitative estimate of drug-likeness (QED) is 0.121. The van der Waals surface area contributed by atoms with Crippen molar-refractivity contribution < 1.29 is 52.7 Å². The van der Waals surface area contributed by atoms with Gasteiger partial charge < -0.3 is 48.0 Å². The zero-order valence-corrected chi connectivity index (χ0v) is 39.4. The van der Waals surface area contributed by atoms with E-state index in [-0.39, 0.29) is 25.7 Å². The van der Waals surface area contributed by atoms with Gasteiger partial charge in [0.05, 0.1) is 41.6 Å². The normalized spacial score (nSPS) is 34.5. The first-order valence-corrected chi connectivity index (χ1v) is 22.5. The number of hydrogen-bond acceptors (Lipinski definition) is 14. The lowest BCUT2D eigenvalue weighted by atomic mass is 9.73. The number of methoxy groups -OCH3 is 1. The van der Waals surface area contributed by atoms with Gasteiger partial charge >= 0.3 is 12.1 Å². The number of likely N-dealkylation sites (N-methyl/N-ethyl adjacent to an activating group) is 1. The molecule has 0 radical (unpaired) electrons. The average molecular weight is 907 g/mol. The maximum atomic E-state index is 14.6. The molecule has 0 saturated carbocycles. The Bertz CT molecular complexity index is 2180. The highest BCUT2D eigenvalue weighted by molar-refractivity contribution is 6.31. The molecule has 0 unspecified atom stereocenters. The molecule has 0 bridgehead atoms. The summed E-state index contributed by atoms with van der Waals surface area (Å²) in [7, 11) is 5.41. The number of esters is 1. The van der Waals surface area contributed by atoms with E-state index in [1.54, 1.807) is 33.2 Å². The molecule has 2 aromatic carbocycles. The Morgan fingerprint density at radius 2 is 1.77 bits per heavy atom. The van der Waals surface area contributed by atoms with Crippen LogP contribution in [-0.2, 0) is 49.4 Å². The van der Waals surface area contributed by atoms with Crippen LogP contribution in [0, 0.1) is 35.5 Å². The third kappa shape index (κ3) is 10.8. The van der Waals surface area contributed by atoms with Gasteiger partial charge in [-0.05, 0) is 72.3 Å². The number of nitrogens with zero attached hydrogens (tertiary/aromatic N) is 3. The number of aromatic nitrogens is 1. The summed E-state index contributed by atoms with van der Waals surface area (Å²) in [6, 6.07) is 16.8. The molecule has 15 heteroatoms. The first kappa shape index (κ1) is 49.1. The molecule has 1 aromatic heterocycles. The van der Waals surface area contributed by atoms with E-state index in [2.05, 4.69) is 16.8 Å². The Hall–Kier alpha value is -4.33. The number of fused-ring (bicyclic) bond motifs is 2. The summed E-state index contributed by atoms with van der Waals surface area (Å²) in [6.07, 6.45) is -3.68. The van der Waals surface area contributed by atoms with E-state index in [9.17, 15) is 14.7 Å². The lowest BCUT2D eigenvalue weighted by Gasteiger charge is -2.47. The number of carbonyl (C=O) groups excluding carboxylic acids is 2. The van der Waals surface area contributed by atoms with Crippen LogP contribution in [0.3, 0.4) is 0 Å². The van der Waals surface area contributed by atoms with Gasteiger partial charge in [0.25, 0.3) is 0 Å². The molecule has 64 heavy (non-hydrogen) atoms. The Kier molecular flexibility index (Phi) is 16.4. The molecule has 0 spiro atoms. The summed E-state index contributed by atoms with van der Waals surface area (Å²) in [5.41, 5.74) is 0.264. The van der Waals surface area contributed by atoms with Crippen molar-refractivity contribution in [3.63, 3.8) is 0 Å². The van der Waals surface area contributed by atoms with Crippen molar-refractivity contribution in [3.8, 4) is 11.8 Å². The molecule has 1 N–H and O–H groups in total. The fourth-order valence-electron chi connectivity index (χ4n) is 9.66. The van der Waals surface area contributed by atoms with Gasteiger partial charge in [0, 0.05) is 58.6 Å². The van der Waals surface area contributed by atoms with Crippen molar-refractivity contribution >= 4 is 40.3 Å². The van der Waals surface area contributed by atoms with E-state index in [4.69, 9.17) is 54.8 Å². The Labute approximate surface area is 382 Å². The highest BCUT2D eigenvalue weighted by Gasteiger charge is 2.59. The number of cyclic esters (lactones) is 1. The number of aliphatic hydroxyl groups is 1. The summed E-state index contributed by atoms with van der Waals surface area (Å²) in [5, 5.41) is 17.9. The van der Waals surface area contributed by atoms with E-state index >= 15 is 0 Å². The maximum absolute atomic E-state index is 14.6. The molecular formula is C49H64ClN3O11. The van der Waals surface area contributed by atoms with Gasteiger partial charge in [0.15, 0.2) is 18.0 Å². The average Bonchev–Trinajstić information content (AvgIpc) is 3.59. The molecule has 3 fully saturated rings. The van der Waals surface area contributed by atoms with Crippen molar-refractivity contribution in [2.75, 3.05) is 34.4 Å². The summed E-state index contributed by atoms with van der Waals surface area (Å²) in [4.78, 5) is 40.3. The van der Waals surface area contributed by atoms with Gasteiger partial charge in [-0.15, -0.1) is 0 Å². The first-order valence-electron chi connectivity index (χ1n) is 22.2. The second kappa shape index (κ2) is 21.3. The standard InChI is InChI=1S/C49H64ClN3O11/c1-11-39-49(7)44(63-47(56)64-49)30(3)40(52-60-28-35-19-12-14-20-36(35)50)29(2)26-48(6,57-10)43(62-46-41(54)38(53(8)9)22-24-59-46)31(4)42(32(5)45(55)61-39)58-23-16-17-33-25-34-18-13-15-21-37(34)51-27-33/h12-15,18-21,25,27,29-32,38-39,41-44,46,54H,11,22-24,26,28H2,1-10H3/b52-40+/t29-,30+,31+,32-,38+,39-,41-,42+,43-,44-,46+,48-,49-/m1/s1. The maximum Gasteiger partial charge on any atom is 0.509 e. The SMILES string of the molecule is CC[C@H]1OC(=O)[C@H](C)[C@@H](OCC#Cc2cnc3ccccc3c2)[C@H](C)[C@@H](O[C@@H]2OCC[C@H](N(C)C)[C@H]2O)[C@](C)(OC)C[C@@H](C)/C(=N\OCc2ccccc2Cl)[C@H](C)[C@H]2OC(=O)O[C@@]21C. The molecule has 348 valence electrons. The number of pyridine rings is 1. The van der Waals surface area contributed by atoms with Crippen LogP contribution in [0.15, 0.2) is 65.9 Å². The van der Waals surface area contributed by atoms with Crippen LogP contribution in [0.1, 0.15) is 78.9 Å². The smallest absolute Gasteiger partial charge is 0.458 e. The summed E-state index contributed by atoms with van der Waals surface area (Å²) in [6.45, 7) is 13.4. The topological polar surface area (TPSA) is 157 Å². The van der Waals surface area contributed by atoms with E-state index in [0.29, 0.717) is 35.7 Å². The van der Waals surface area contributed by atoms with Gasteiger partial charge in [-0.25, -0.2) is 4.79 Å². The highest BCUT2D eigenvalue weighted by Crippen LogP contribution is 2.43. The number of ether oxygens (including phenoxy) is 7. The number of hydrogen-bond donors (Lipinski definition) is 1. The monoisotopic (exact) mass is 905 g/mol. The molecule has 3 saturated heterocycles. The molecule has 13 atom stereocenters. The van der Waals surface area contributed by atoms with Crippen molar-refractivity contribution in [2.45, 2.75) is 128 Å². The second-order valence-electron chi connectivity index (χ2n) is 17.9. The summed E-state index contributed by atoms with van der Waals surface area (Å²) >= 11 is 6.49. The number of carbonyl (C=O) groups is 2. The molecule has 4 heterocycles. The van der Waals surface area contributed by atoms with E-state index < -0.39 is 83.8 Å². The van der Waals surface area contributed by atoms with Gasteiger partial charge in [-0.3, -0.25) is 9.78 Å². The van der Waals surface area contributed by atoms with E-state index in [0.717, 1.165) is 16.5 Å². The minimum Gasteiger partial charge on any atom is -0.458 e. The molecule has 0 aliphatic carbocycles. The van der Waals surface area contributed by atoms with Crippen LogP contribution < -0.4 is 0 Å². The van der Waals surface area contributed by atoms with E-state index in [1.165, 1.54) is 0 Å². The molecule has 3 aliphatic rings. The van der Waals surface area contributed by atoms with Gasteiger partial charge in [0.1, 0.15) is 25.4 Å². The molecule has 14 nitrogen and oxygen atoms in total. The second-order valence-corrected chi connectivity index (χ2v) is 18.4. The Balaban J connectivity index is 1.43. The number of halogens is 1. The van der Waals surface area contributed by atoms with Crippen LogP contribution in [0.5, 0.6) is 0 Å². The van der Waals surface area contributed by atoms with Crippen molar-refractivity contribution in [1.29, 1.82) is 0 Å². The van der Waals surface area contributed by atoms with Crippen molar-refractivity contribution in [1.82, 2.24) is 9.88 Å². The van der Waals surface area contributed by atoms with Crippen LogP contribution in [0.2, 0.25) is 5.02 Å². The zero-order valence-electron chi connectivity index (χ0n) is 38.6. The summed E-state index contributed by atoms with van der Waals surface area (Å²) in [5.74, 6) is 3.15. The van der Waals surface area contributed by atoms with Crippen LogP contribution >= 0.6 is 11.6 Å². The lowest BCUT2D eigenvalue weighted by molar-refractivity contribution is -0.289. The third-order valence-electron chi connectivity index (χ3n) is 13.3. The fraction of sp³-hybridized carbons (Fsp3) is 0.592. The molecule has 3 aliphatic heterocycles. The predicted molar refractivity (Wildman–Crippen MR) is 241 cm³/mol. The number of para-hydroxylation sites is 1. The Morgan fingerprint density at radius 3 is 2.48 bits per heavy atom. The minimum atomic E-state index is -1.41. The number of aliphatic hydroxyl groups excluding tert-OH is 1. The van der Waals surface area contributed by atoms with Gasteiger partial charge in [0.2, 0.25) is 0 Å². The number of benzene rings is 2. The van der Waals surface area contributed by atoms with Crippen LogP contribution in [0.4, 0.5) is 4.79 Å². The number of oxime groups is 1. The van der Waals surface area contributed by atoms with Crippen molar-refractivity contribution in [2.24, 2.45) is 28.8 Å². The summed E-state index contributed by atoms with van der Waals surface area (Å²) < 4.78 is 44.5. The zero-order chi connectivity index (χ0) is 46.3. The van der Waals surface area contributed by atoms with Crippen LogP contribution in [-0.4, -0.2) is 121 Å². The molecule has 6 rings (SSSR count). The largest absolute Gasteiger partial charge is 0.509 e.